The predicted octanol–water partition coefficient (Wildman–Crippen LogP) is 0.912. The number of amides is 1. The maximum atomic E-state index is 12.8. The van der Waals surface area contributed by atoms with E-state index in [2.05, 4.69) is 0 Å². The summed E-state index contributed by atoms with van der Waals surface area (Å²) in [6.07, 6.45) is 2.08. The van der Waals surface area contributed by atoms with Gasteiger partial charge in [-0.3, -0.25) is 19.8 Å². The van der Waals surface area contributed by atoms with E-state index in [1.54, 1.807) is 0 Å². The summed E-state index contributed by atoms with van der Waals surface area (Å²) in [4.78, 5) is 26.6. The van der Waals surface area contributed by atoms with Crippen LogP contribution >= 0.6 is 0 Å². The van der Waals surface area contributed by atoms with E-state index in [9.17, 15) is 23.3 Å². The second-order valence-electron chi connectivity index (χ2n) is 6.90. The van der Waals surface area contributed by atoms with Gasteiger partial charge >= 0.3 is 0 Å². The molecule has 0 aromatic heterocycles. The van der Waals surface area contributed by atoms with E-state index in [1.807, 2.05) is 16.7 Å². The molecule has 2 aliphatic heterocycles. The van der Waals surface area contributed by atoms with Crippen molar-refractivity contribution in [3.63, 3.8) is 0 Å². The van der Waals surface area contributed by atoms with Crippen molar-refractivity contribution in [3.8, 4) is 0 Å². The van der Waals surface area contributed by atoms with Crippen molar-refractivity contribution in [3.05, 3.63) is 34.4 Å². The average molecular weight is 396 g/mol. The van der Waals surface area contributed by atoms with Gasteiger partial charge in [0.2, 0.25) is 15.9 Å². The fourth-order valence-corrected chi connectivity index (χ4v) is 5.00. The van der Waals surface area contributed by atoms with E-state index in [0.29, 0.717) is 13.1 Å². The van der Waals surface area contributed by atoms with Gasteiger partial charge in [0.05, 0.1) is 15.9 Å². The quantitative estimate of drug-likeness (QED) is 0.541. The van der Waals surface area contributed by atoms with Crippen LogP contribution in [0.4, 0.5) is 5.69 Å². The van der Waals surface area contributed by atoms with Gasteiger partial charge in [0, 0.05) is 51.4 Å². The molecule has 9 nitrogen and oxygen atoms in total. The van der Waals surface area contributed by atoms with Crippen LogP contribution in [0.15, 0.2) is 29.2 Å². The number of carbonyl (C=O) groups is 1. The molecule has 1 aromatic carbocycles. The van der Waals surface area contributed by atoms with E-state index >= 15 is 0 Å². The number of benzene rings is 1. The van der Waals surface area contributed by atoms with Gasteiger partial charge in [-0.25, -0.2) is 8.42 Å². The van der Waals surface area contributed by atoms with E-state index in [4.69, 9.17) is 0 Å². The molecule has 1 aromatic rings. The van der Waals surface area contributed by atoms with Gasteiger partial charge in [-0.05, 0) is 31.9 Å². The molecule has 2 fully saturated rings. The highest BCUT2D eigenvalue weighted by Crippen LogP contribution is 2.22. The van der Waals surface area contributed by atoms with Crippen molar-refractivity contribution in [2.24, 2.45) is 0 Å². The zero-order chi connectivity index (χ0) is 19.6. The van der Waals surface area contributed by atoms with Gasteiger partial charge < -0.3 is 4.90 Å². The first-order valence-corrected chi connectivity index (χ1v) is 10.5. The van der Waals surface area contributed by atoms with Gasteiger partial charge in [-0.2, -0.15) is 4.31 Å². The van der Waals surface area contributed by atoms with E-state index in [-0.39, 0.29) is 35.6 Å². The highest BCUT2D eigenvalue weighted by molar-refractivity contribution is 7.89. The highest BCUT2D eigenvalue weighted by Gasteiger charge is 2.33. The van der Waals surface area contributed by atoms with Gasteiger partial charge in [0.1, 0.15) is 0 Å². The van der Waals surface area contributed by atoms with Crippen LogP contribution in [0, 0.1) is 10.1 Å². The molecule has 1 unspecified atom stereocenters. The second-order valence-corrected chi connectivity index (χ2v) is 8.84. The Morgan fingerprint density at radius 3 is 2.11 bits per heavy atom. The summed E-state index contributed by atoms with van der Waals surface area (Å²) in [5, 5.41) is 10.7. The molecule has 3 rings (SSSR count). The van der Waals surface area contributed by atoms with E-state index < -0.39 is 14.9 Å². The normalized spacial score (nSPS) is 20.6. The van der Waals surface area contributed by atoms with Crippen LogP contribution in [-0.2, 0) is 14.8 Å². The lowest BCUT2D eigenvalue weighted by molar-refractivity contribution is -0.384. The Kier molecular flexibility index (Phi) is 5.78. The Balaban J connectivity index is 1.62. The van der Waals surface area contributed by atoms with E-state index in [0.717, 1.165) is 25.9 Å². The van der Waals surface area contributed by atoms with Crippen molar-refractivity contribution < 1.29 is 18.1 Å². The van der Waals surface area contributed by atoms with Crippen molar-refractivity contribution in [2.75, 3.05) is 39.3 Å². The second kappa shape index (κ2) is 7.91. The summed E-state index contributed by atoms with van der Waals surface area (Å²) < 4.78 is 26.9. The molecular formula is C17H24N4O5S. The van der Waals surface area contributed by atoms with Gasteiger partial charge in [0.15, 0.2) is 0 Å². The van der Waals surface area contributed by atoms with Crippen LogP contribution in [0.1, 0.15) is 19.8 Å². The number of nitro benzene ring substituents is 1. The monoisotopic (exact) mass is 396 g/mol. The molecule has 1 atom stereocenters. The number of carbonyl (C=O) groups excluding carboxylic acids is 1. The fraction of sp³-hybridized carbons (Fsp3) is 0.588. The number of rotatable bonds is 5. The third-order valence-corrected chi connectivity index (χ3v) is 7.19. The summed E-state index contributed by atoms with van der Waals surface area (Å²) in [7, 11) is -3.70. The van der Waals surface area contributed by atoms with Crippen LogP contribution < -0.4 is 0 Å². The molecule has 0 radical (unpaired) electrons. The first-order chi connectivity index (χ1) is 12.8. The van der Waals surface area contributed by atoms with E-state index in [1.165, 1.54) is 28.6 Å². The first-order valence-electron chi connectivity index (χ1n) is 9.08. The molecule has 10 heteroatoms. The smallest absolute Gasteiger partial charge is 0.269 e. The molecule has 2 saturated heterocycles. The number of hydrogen-bond acceptors (Lipinski definition) is 6. The number of nitro groups is 1. The minimum Gasteiger partial charge on any atom is -0.341 e. The van der Waals surface area contributed by atoms with Crippen molar-refractivity contribution in [1.82, 2.24) is 14.1 Å². The largest absolute Gasteiger partial charge is 0.341 e. The molecule has 0 aliphatic carbocycles. The molecule has 2 heterocycles. The molecule has 0 N–H and O–H groups in total. The van der Waals surface area contributed by atoms with Crippen molar-refractivity contribution >= 4 is 21.6 Å². The van der Waals surface area contributed by atoms with Gasteiger partial charge in [0.25, 0.3) is 5.69 Å². The van der Waals surface area contributed by atoms with Crippen molar-refractivity contribution in [2.45, 2.75) is 30.7 Å². The summed E-state index contributed by atoms with van der Waals surface area (Å²) in [6.45, 7) is 5.02. The Bertz CT molecular complexity index is 797. The Labute approximate surface area is 158 Å². The molecule has 0 bridgehead atoms. The third-order valence-electron chi connectivity index (χ3n) is 5.28. The predicted molar refractivity (Wildman–Crippen MR) is 98.7 cm³/mol. The molecule has 0 spiro atoms. The zero-order valence-electron chi connectivity index (χ0n) is 15.3. The van der Waals surface area contributed by atoms with Gasteiger partial charge in [-0.15, -0.1) is 0 Å². The molecule has 27 heavy (non-hydrogen) atoms. The molecule has 148 valence electrons. The van der Waals surface area contributed by atoms with Crippen molar-refractivity contribution in [1.29, 1.82) is 0 Å². The maximum absolute atomic E-state index is 12.8. The van der Waals surface area contributed by atoms with Crippen LogP contribution in [-0.4, -0.2) is 78.7 Å². The fourth-order valence-electron chi connectivity index (χ4n) is 3.58. The summed E-state index contributed by atoms with van der Waals surface area (Å²) in [5.74, 6) is 0.110. The lowest BCUT2D eigenvalue weighted by Gasteiger charge is -2.37. The van der Waals surface area contributed by atoms with Crippen LogP contribution in [0.3, 0.4) is 0 Å². The summed E-state index contributed by atoms with van der Waals surface area (Å²) in [6, 6.07) is 4.66. The lowest BCUT2D eigenvalue weighted by Crippen LogP contribution is -2.55. The van der Waals surface area contributed by atoms with Gasteiger partial charge in [-0.1, -0.05) is 0 Å². The standard InChI is InChI=1S/C17H24N4O5S/c1-14(17(22)19-8-2-3-9-19)18-10-12-20(13-11-18)27(25,26)16-6-4-15(5-7-16)21(23)24/h4-7,14H,2-3,8-13H2,1H3. The number of piperazine rings is 1. The minimum atomic E-state index is -3.70. The number of nitrogens with zero attached hydrogens (tertiary/aromatic N) is 4. The number of likely N-dealkylation sites (tertiary alicyclic amines) is 1. The number of sulfonamides is 1. The van der Waals surface area contributed by atoms with Crippen LogP contribution in [0.2, 0.25) is 0 Å². The topological polar surface area (TPSA) is 104 Å². The number of hydrogen-bond donors (Lipinski definition) is 0. The molecule has 1 amide bonds. The maximum Gasteiger partial charge on any atom is 0.269 e. The summed E-state index contributed by atoms with van der Waals surface area (Å²) >= 11 is 0. The Morgan fingerprint density at radius 1 is 1.04 bits per heavy atom. The Morgan fingerprint density at radius 2 is 1.59 bits per heavy atom. The zero-order valence-corrected chi connectivity index (χ0v) is 16.1. The molecule has 0 saturated carbocycles. The highest BCUT2D eigenvalue weighted by atomic mass is 32.2. The lowest BCUT2D eigenvalue weighted by atomic mass is 10.2. The molecular weight excluding hydrogens is 372 g/mol. The Hall–Kier alpha value is -2.04. The summed E-state index contributed by atoms with van der Waals surface area (Å²) in [5.41, 5.74) is -0.145. The average Bonchev–Trinajstić information content (AvgIpc) is 3.21. The SMILES string of the molecule is CC(C(=O)N1CCCC1)N1CCN(S(=O)(=O)c2ccc([N+](=O)[O-])cc2)CC1. The van der Waals surface area contributed by atoms with Crippen LogP contribution in [0.5, 0.6) is 0 Å². The third kappa shape index (κ3) is 4.12. The number of non-ortho nitro benzene ring substituents is 1. The molecule has 2 aliphatic rings. The first kappa shape index (κ1) is 19.7. The minimum absolute atomic E-state index is 0.0442. The van der Waals surface area contributed by atoms with Crippen LogP contribution in [0.25, 0.3) is 0 Å².